The first-order chi connectivity index (χ1) is 6.74. The molecule has 1 saturated heterocycles. The van der Waals surface area contributed by atoms with Crippen LogP contribution in [0.4, 0.5) is 0 Å². The van der Waals surface area contributed by atoms with E-state index in [0.717, 1.165) is 37.6 Å². The monoisotopic (exact) mass is 196 g/mol. The van der Waals surface area contributed by atoms with Crippen molar-refractivity contribution in [3.05, 3.63) is 23.5 Å². The fraction of sp³-hybridized carbons (Fsp3) is 0.600. The summed E-state index contributed by atoms with van der Waals surface area (Å²) in [6, 6.07) is 0. The summed E-state index contributed by atoms with van der Waals surface area (Å²) in [7, 11) is 0. The zero-order chi connectivity index (χ0) is 10.4. The molecule has 5 N–H and O–H groups in total. The van der Waals surface area contributed by atoms with Crippen molar-refractivity contribution in [2.24, 2.45) is 11.5 Å². The van der Waals surface area contributed by atoms with Crippen LogP contribution in [-0.2, 0) is 0 Å². The van der Waals surface area contributed by atoms with Gasteiger partial charge >= 0.3 is 0 Å². The van der Waals surface area contributed by atoms with E-state index in [0.29, 0.717) is 6.54 Å². The number of nitrogens with one attached hydrogen (secondary N) is 1. The Kier molecular flexibility index (Phi) is 4.49. The van der Waals surface area contributed by atoms with Crippen LogP contribution in [-0.4, -0.2) is 37.6 Å². The molecule has 1 heterocycles. The average Bonchev–Trinajstić information content (AvgIpc) is 2.26. The van der Waals surface area contributed by atoms with Gasteiger partial charge in [0.05, 0.1) is 5.82 Å². The molecule has 0 bridgehead atoms. The molecule has 0 aromatic carbocycles. The van der Waals surface area contributed by atoms with Crippen LogP contribution in [0.25, 0.3) is 0 Å². The molecule has 0 amide bonds. The molecule has 1 rings (SSSR count). The Morgan fingerprint density at radius 2 is 2.00 bits per heavy atom. The predicted octanol–water partition coefficient (Wildman–Crippen LogP) is -0.403. The molecule has 0 unspecified atom stereocenters. The lowest BCUT2D eigenvalue weighted by Crippen LogP contribution is -2.44. The molecule has 0 aliphatic carbocycles. The second-order valence-electron chi connectivity index (χ2n) is 3.55. The normalized spacial score (nSPS) is 20.0. The number of allylic oxidation sites excluding steroid dienone is 2. The van der Waals surface area contributed by atoms with Crippen molar-refractivity contribution in [1.29, 1.82) is 0 Å². The molecular formula is C10H20N4. The van der Waals surface area contributed by atoms with Gasteiger partial charge in [0, 0.05) is 32.7 Å². The molecular weight excluding hydrogens is 176 g/mol. The first-order valence-corrected chi connectivity index (χ1v) is 5.02. The number of rotatable bonds is 3. The van der Waals surface area contributed by atoms with E-state index < -0.39 is 0 Å². The zero-order valence-corrected chi connectivity index (χ0v) is 8.79. The minimum Gasteiger partial charge on any atom is -0.385 e. The fourth-order valence-electron chi connectivity index (χ4n) is 1.32. The van der Waals surface area contributed by atoms with Crippen LogP contribution in [0.5, 0.6) is 0 Å². The Hall–Kier alpha value is -1.00. The van der Waals surface area contributed by atoms with Crippen LogP contribution < -0.4 is 16.8 Å². The highest BCUT2D eigenvalue weighted by molar-refractivity contribution is 5.15. The van der Waals surface area contributed by atoms with Crippen molar-refractivity contribution in [3.63, 3.8) is 0 Å². The Morgan fingerprint density at radius 1 is 1.36 bits per heavy atom. The fourth-order valence-corrected chi connectivity index (χ4v) is 1.32. The Bertz CT molecular complexity index is 226. The van der Waals surface area contributed by atoms with Gasteiger partial charge in [-0.15, -0.1) is 0 Å². The quantitative estimate of drug-likeness (QED) is 0.537. The van der Waals surface area contributed by atoms with Gasteiger partial charge in [-0.3, -0.25) is 0 Å². The molecule has 1 fully saturated rings. The molecule has 0 aromatic rings. The van der Waals surface area contributed by atoms with E-state index in [4.69, 9.17) is 11.5 Å². The van der Waals surface area contributed by atoms with Crippen molar-refractivity contribution in [1.82, 2.24) is 10.2 Å². The van der Waals surface area contributed by atoms with Crippen LogP contribution in [0.15, 0.2) is 23.5 Å². The lowest BCUT2D eigenvalue weighted by molar-refractivity contribution is 0.296. The number of hydrogen-bond donors (Lipinski definition) is 3. The van der Waals surface area contributed by atoms with Gasteiger partial charge in [-0.1, -0.05) is 11.6 Å². The van der Waals surface area contributed by atoms with E-state index in [-0.39, 0.29) is 0 Å². The first kappa shape index (κ1) is 11.1. The van der Waals surface area contributed by atoms with Gasteiger partial charge in [0.15, 0.2) is 0 Å². The van der Waals surface area contributed by atoms with Crippen molar-refractivity contribution >= 4 is 0 Å². The van der Waals surface area contributed by atoms with E-state index in [2.05, 4.69) is 10.2 Å². The highest BCUT2D eigenvalue weighted by Gasteiger charge is 2.08. The third kappa shape index (κ3) is 3.40. The van der Waals surface area contributed by atoms with Gasteiger partial charge in [-0.25, -0.2) is 0 Å². The maximum atomic E-state index is 5.93. The summed E-state index contributed by atoms with van der Waals surface area (Å²) in [5.41, 5.74) is 12.5. The molecule has 0 atom stereocenters. The van der Waals surface area contributed by atoms with Crippen LogP contribution in [0, 0.1) is 0 Å². The van der Waals surface area contributed by atoms with Crippen LogP contribution in [0.3, 0.4) is 0 Å². The molecule has 14 heavy (non-hydrogen) atoms. The van der Waals surface area contributed by atoms with Gasteiger partial charge in [-0.05, 0) is 13.0 Å². The summed E-state index contributed by atoms with van der Waals surface area (Å²) in [5.74, 6) is 0.833. The van der Waals surface area contributed by atoms with Crippen LogP contribution in [0.2, 0.25) is 0 Å². The van der Waals surface area contributed by atoms with Gasteiger partial charge in [0.2, 0.25) is 0 Å². The van der Waals surface area contributed by atoms with E-state index in [1.165, 1.54) is 0 Å². The lowest BCUT2D eigenvalue weighted by Gasteiger charge is -2.29. The lowest BCUT2D eigenvalue weighted by atomic mass is 10.2. The summed E-state index contributed by atoms with van der Waals surface area (Å²) in [5, 5.41) is 3.29. The summed E-state index contributed by atoms with van der Waals surface area (Å²) in [6.45, 7) is 6.57. The minimum atomic E-state index is 0.589. The number of hydrogen-bond acceptors (Lipinski definition) is 4. The maximum absolute atomic E-state index is 5.93. The zero-order valence-electron chi connectivity index (χ0n) is 8.79. The largest absolute Gasteiger partial charge is 0.385 e. The summed E-state index contributed by atoms with van der Waals surface area (Å²) in [4.78, 5) is 2.18. The van der Waals surface area contributed by atoms with E-state index in [1.807, 2.05) is 19.1 Å². The summed E-state index contributed by atoms with van der Waals surface area (Å²) in [6.07, 6.45) is 3.92. The van der Waals surface area contributed by atoms with Gasteiger partial charge in [-0.2, -0.15) is 0 Å². The highest BCUT2D eigenvalue weighted by Crippen LogP contribution is 2.00. The predicted molar refractivity (Wildman–Crippen MR) is 59.5 cm³/mol. The van der Waals surface area contributed by atoms with Crippen molar-refractivity contribution in [2.75, 3.05) is 32.7 Å². The summed E-state index contributed by atoms with van der Waals surface area (Å²) < 4.78 is 0. The molecule has 80 valence electrons. The molecule has 1 aliphatic rings. The Morgan fingerprint density at radius 3 is 2.57 bits per heavy atom. The average molecular weight is 196 g/mol. The molecule has 4 heteroatoms. The smallest absolute Gasteiger partial charge is 0.0987 e. The van der Waals surface area contributed by atoms with Gasteiger partial charge in [0.1, 0.15) is 0 Å². The van der Waals surface area contributed by atoms with Gasteiger partial charge < -0.3 is 21.7 Å². The number of nitrogens with zero attached hydrogens (tertiary/aromatic N) is 1. The standard InChI is InChI=1S/C10H20N4/c1-9(8-11)2-3-10(12)14-6-4-13-5-7-14/h2-3,13H,4-8,11-12H2,1H3/b9-2-,10-3+. The second-order valence-corrected chi connectivity index (χ2v) is 3.55. The van der Waals surface area contributed by atoms with E-state index >= 15 is 0 Å². The van der Waals surface area contributed by atoms with Crippen molar-refractivity contribution in [2.45, 2.75) is 6.92 Å². The van der Waals surface area contributed by atoms with Crippen molar-refractivity contribution < 1.29 is 0 Å². The van der Waals surface area contributed by atoms with E-state index in [1.54, 1.807) is 0 Å². The molecule has 0 spiro atoms. The molecule has 4 nitrogen and oxygen atoms in total. The number of nitrogens with two attached hydrogens (primary N) is 2. The number of piperazine rings is 1. The van der Waals surface area contributed by atoms with Crippen LogP contribution in [0.1, 0.15) is 6.92 Å². The SMILES string of the molecule is C/C(=C/C=C(\N)N1CCNCC1)CN. The Labute approximate surface area is 85.6 Å². The minimum absolute atomic E-state index is 0.589. The van der Waals surface area contributed by atoms with Crippen LogP contribution >= 0.6 is 0 Å². The molecule has 1 aliphatic heterocycles. The molecule has 0 saturated carbocycles. The second kappa shape index (κ2) is 5.67. The molecule has 0 aromatic heterocycles. The van der Waals surface area contributed by atoms with E-state index in [9.17, 15) is 0 Å². The topological polar surface area (TPSA) is 67.3 Å². The van der Waals surface area contributed by atoms with Gasteiger partial charge in [0.25, 0.3) is 0 Å². The Balaban J connectivity index is 2.49. The van der Waals surface area contributed by atoms with Crippen molar-refractivity contribution in [3.8, 4) is 0 Å². The first-order valence-electron chi connectivity index (χ1n) is 5.02. The summed E-state index contributed by atoms with van der Waals surface area (Å²) >= 11 is 0. The third-order valence-electron chi connectivity index (χ3n) is 2.34. The highest BCUT2D eigenvalue weighted by atomic mass is 15.2. The molecule has 0 radical (unpaired) electrons. The maximum Gasteiger partial charge on any atom is 0.0987 e. The third-order valence-corrected chi connectivity index (χ3v) is 2.34.